The van der Waals surface area contributed by atoms with Gasteiger partial charge in [0, 0.05) is 5.41 Å². The van der Waals surface area contributed by atoms with Crippen LogP contribution in [0.1, 0.15) is 13.3 Å². The summed E-state index contributed by atoms with van der Waals surface area (Å²) in [5.74, 6) is 1.82. The van der Waals surface area contributed by atoms with Gasteiger partial charge >= 0.3 is 0 Å². The molecule has 0 heterocycles. The fourth-order valence-corrected chi connectivity index (χ4v) is 2.24. The Balaban J connectivity index is 1.92. The van der Waals surface area contributed by atoms with Crippen molar-refractivity contribution in [2.45, 2.75) is 13.3 Å². The molecule has 9 heavy (non-hydrogen) atoms. The van der Waals surface area contributed by atoms with Gasteiger partial charge in [-0.1, -0.05) is 30.7 Å². The highest BCUT2D eigenvalue weighted by Crippen LogP contribution is 2.81. The molecule has 0 aromatic rings. The molecular formula is C9H10. The highest BCUT2D eigenvalue weighted by atomic mass is 14.8. The summed E-state index contributed by atoms with van der Waals surface area (Å²) in [7, 11) is 0. The normalized spacial score (nSPS) is 58.3. The van der Waals surface area contributed by atoms with Crippen LogP contribution < -0.4 is 0 Å². The van der Waals surface area contributed by atoms with Crippen LogP contribution >= 0.6 is 0 Å². The van der Waals surface area contributed by atoms with Gasteiger partial charge in [0.15, 0.2) is 0 Å². The Kier molecular flexibility index (Phi) is 0.397. The largest absolute Gasteiger partial charge is 0.0995 e. The first kappa shape index (κ1) is 4.32. The second-order valence-corrected chi connectivity index (χ2v) is 3.67. The Morgan fingerprint density at radius 2 is 2.33 bits per heavy atom. The van der Waals surface area contributed by atoms with E-state index in [1.165, 1.54) is 12.0 Å². The fraction of sp³-hybridized carbons (Fsp3) is 0.556. The molecule has 0 radical (unpaired) electrons. The first-order valence-corrected chi connectivity index (χ1v) is 3.67. The summed E-state index contributed by atoms with van der Waals surface area (Å²) in [6.07, 6.45) is 3.74. The van der Waals surface area contributed by atoms with Crippen molar-refractivity contribution in [3.05, 3.63) is 23.8 Å². The molecule has 0 aliphatic heterocycles. The van der Waals surface area contributed by atoms with E-state index in [0.717, 1.165) is 11.8 Å². The van der Waals surface area contributed by atoms with E-state index in [-0.39, 0.29) is 0 Å². The predicted octanol–water partition coefficient (Wildman–Crippen LogP) is 2.14. The van der Waals surface area contributed by atoms with E-state index in [0.29, 0.717) is 5.41 Å². The van der Waals surface area contributed by atoms with E-state index in [4.69, 9.17) is 0 Å². The van der Waals surface area contributed by atoms with Gasteiger partial charge < -0.3 is 0 Å². The highest BCUT2D eigenvalue weighted by molar-refractivity contribution is 5.64. The van der Waals surface area contributed by atoms with E-state index < -0.39 is 0 Å². The van der Waals surface area contributed by atoms with Crippen molar-refractivity contribution >= 4 is 0 Å². The molecule has 46 valence electrons. The van der Waals surface area contributed by atoms with Gasteiger partial charge in [-0.15, -0.1) is 0 Å². The van der Waals surface area contributed by atoms with E-state index in [9.17, 15) is 0 Å². The Hall–Kier alpha value is -0.520. The summed E-state index contributed by atoms with van der Waals surface area (Å²) >= 11 is 0. The molecule has 0 saturated heterocycles. The van der Waals surface area contributed by atoms with Gasteiger partial charge in [-0.25, -0.2) is 0 Å². The third-order valence-electron chi connectivity index (χ3n) is 3.29. The van der Waals surface area contributed by atoms with Gasteiger partial charge in [0.2, 0.25) is 0 Å². The molecule has 2 fully saturated rings. The second kappa shape index (κ2) is 0.828. The summed E-state index contributed by atoms with van der Waals surface area (Å²) in [6, 6.07) is 0. The molecule has 0 aromatic carbocycles. The van der Waals surface area contributed by atoms with Crippen LogP contribution in [0.5, 0.6) is 0 Å². The summed E-state index contributed by atoms with van der Waals surface area (Å²) in [4.78, 5) is 0. The molecular weight excluding hydrogens is 108 g/mol. The highest BCUT2D eigenvalue weighted by Gasteiger charge is 2.73. The van der Waals surface area contributed by atoms with Gasteiger partial charge in [-0.05, 0) is 18.3 Å². The molecule has 0 nitrogen and oxygen atoms in total. The summed E-state index contributed by atoms with van der Waals surface area (Å²) < 4.78 is 0. The fourth-order valence-electron chi connectivity index (χ4n) is 2.24. The zero-order valence-corrected chi connectivity index (χ0v) is 5.65. The van der Waals surface area contributed by atoms with Gasteiger partial charge in [-0.3, -0.25) is 0 Å². The van der Waals surface area contributed by atoms with Crippen LogP contribution in [0, 0.1) is 17.3 Å². The standard InChI is InChI=1S/C9H10/c1-5-3-7(5)9-4-8(9)6(9)2/h4,6-7H,1,3H2,2H3. The van der Waals surface area contributed by atoms with Crippen LogP contribution in [0.25, 0.3) is 0 Å². The average molecular weight is 118 g/mol. The molecule has 0 amide bonds. The third kappa shape index (κ3) is 0.277. The molecule has 0 spiro atoms. The Morgan fingerprint density at radius 1 is 1.78 bits per heavy atom. The minimum absolute atomic E-state index is 0.650. The SMILES string of the molecule is C=C1CC1C12C=C1C2C. The number of allylic oxidation sites excluding steroid dienone is 3. The van der Waals surface area contributed by atoms with Gasteiger partial charge in [-0.2, -0.15) is 0 Å². The lowest BCUT2D eigenvalue weighted by Crippen LogP contribution is -1.94. The first-order valence-electron chi connectivity index (χ1n) is 3.67. The third-order valence-corrected chi connectivity index (χ3v) is 3.29. The van der Waals surface area contributed by atoms with Crippen molar-refractivity contribution in [3.63, 3.8) is 0 Å². The number of rotatable bonds is 1. The molecule has 3 aliphatic rings. The monoisotopic (exact) mass is 118 g/mol. The first-order chi connectivity index (χ1) is 4.27. The van der Waals surface area contributed by atoms with Crippen LogP contribution in [-0.2, 0) is 0 Å². The average Bonchev–Trinajstić information content (AvgIpc) is 2.58. The lowest BCUT2D eigenvalue weighted by atomic mass is 10.0. The van der Waals surface area contributed by atoms with Crippen molar-refractivity contribution < 1.29 is 0 Å². The van der Waals surface area contributed by atoms with Gasteiger partial charge in [0.25, 0.3) is 0 Å². The Labute approximate surface area is 55.3 Å². The van der Waals surface area contributed by atoms with E-state index in [1.54, 1.807) is 5.57 Å². The predicted molar refractivity (Wildman–Crippen MR) is 36.9 cm³/mol. The zero-order valence-electron chi connectivity index (χ0n) is 5.65. The Bertz CT molecular complexity index is 247. The minimum atomic E-state index is 0.650. The Morgan fingerprint density at radius 3 is 2.44 bits per heavy atom. The van der Waals surface area contributed by atoms with Crippen LogP contribution in [0.3, 0.4) is 0 Å². The van der Waals surface area contributed by atoms with Crippen molar-refractivity contribution in [2.75, 3.05) is 0 Å². The number of hydrogen-bond acceptors (Lipinski definition) is 0. The van der Waals surface area contributed by atoms with E-state index >= 15 is 0 Å². The lowest BCUT2D eigenvalue weighted by molar-refractivity contribution is 0.561. The minimum Gasteiger partial charge on any atom is -0.0995 e. The van der Waals surface area contributed by atoms with E-state index in [2.05, 4.69) is 19.6 Å². The topological polar surface area (TPSA) is 0 Å². The van der Waals surface area contributed by atoms with E-state index in [1.807, 2.05) is 0 Å². The molecule has 3 aliphatic carbocycles. The number of fused-ring (bicyclic) bond motifs is 1. The maximum Gasteiger partial charge on any atom is 0.0229 e. The van der Waals surface area contributed by atoms with Crippen LogP contribution in [0.15, 0.2) is 23.8 Å². The van der Waals surface area contributed by atoms with Crippen LogP contribution in [0.2, 0.25) is 0 Å². The van der Waals surface area contributed by atoms with Crippen molar-refractivity contribution in [3.8, 4) is 0 Å². The quantitative estimate of drug-likeness (QED) is 0.463. The van der Waals surface area contributed by atoms with Crippen molar-refractivity contribution in [2.24, 2.45) is 17.3 Å². The molecule has 3 rings (SSSR count). The molecule has 0 bridgehead atoms. The zero-order chi connectivity index (χ0) is 6.22. The molecule has 3 unspecified atom stereocenters. The maximum absolute atomic E-state index is 3.98. The summed E-state index contributed by atoms with van der Waals surface area (Å²) in [6.45, 7) is 6.32. The van der Waals surface area contributed by atoms with Crippen molar-refractivity contribution in [1.82, 2.24) is 0 Å². The lowest BCUT2D eigenvalue weighted by Gasteiger charge is -1.98. The summed E-state index contributed by atoms with van der Waals surface area (Å²) in [5.41, 5.74) is 3.87. The molecule has 3 atom stereocenters. The van der Waals surface area contributed by atoms with Crippen LogP contribution in [0.4, 0.5) is 0 Å². The molecule has 0 N–H and O–H groups in total. The van der Waals surface area contributed by atoms with Gasteiger partial charge in [0.1, 0.15) is 0 Å². The summed E-state index contributed by atoms with van der Waals surface area (Å²) in [5, 5.41) is 0. The smallest absolute Gasteiger partial charge is 0.0229 e. The maximum atomic E-state index is 3.98. The van der Waals surface area contributed by atoms with Gasteiger partial charge in [0.05, 0.1) is 0 Å². The number of hydrogen-bond donors (Lipinski definition) is 0. The van der Waals surface area contributed by atoms with Crippen molar-refractivity contribution in [1.29, 1.82) is 0 Å². The molecule has 2 saturated carbocycles. The van der Waals surface area contributed by atoms with Crippen LogP contribution in [-0.4, -0.2) is 0 Å². The molecule has 0 heteroatoms. The molecule has 0 aromatic heterocycles. The second-order valence-electron chi connectivity index (χ2n) is 3.67.